The second-order valence-corrected chi connectivity index (χ2v) is 8.07. The predicted octanol–water partition coefficient (Wildman–Crippen LogP) is -0.369. The van der Waals surface area contributed by atoms with Crippen LogP contribution in [0.3, 0.4) is 0 Å². The number of nitrogens with one attached hydrogen (secondary N) is 1. The highest BCUT2D eigenvalue weighted by atomic mass is 32.2. The Kier molecular flexibility index (Phi) is 4.48. The minimum absolute atomic E-state index is 0.0691. The molecule has 1 aromatic rings. The minimum Gasteiger partial charge on any atom is -0.493 e. The number of quaternary nitrogens is 1. The lowest BCUT2D eigenvalue weighted by atomic mass is 10.1. The third kappa shape index (κ3) is 2.54. The number of rotatable bonds is 3. The van der Waals surface area contributed by atoms with Crippen molar-refractivity contribution in [2.24, 2.45) is 0 Å². The fourth-order valence-corrected chi connectivity index (χ4v) is 5.45. The smallest absolute Gasteiger partial charge is 0.260 e. The van der Waals surface area contributed by atoms with E-state index in [4.69, 9.17) is 9.47 Å². The number of fused-ring (bicyclic) bond motifs is 3. The molecule has 3 aliphatic heterocycles. The monoisotopic (exact) mass is 378 g/mol. The number of benzene rings is 1. The maximum absolute atomic E-state index is 13.2. The highest BCUT2D eigenvalue weighted by Crippen LogP contribution is 2.52. The lowest BCUT2D eigenvalue weighted by molar-refractivity contribution is -0.883. The van der Waals surface area contributed by atoms with Gasteiger partial charge in [-0.25, -0.2) is 0 Å². The van der Waals surface area contributed by atoms with E-state index in [0.717, 1.165) is 31.7 Å². The number of likely N-dealkylation sites (N-methyl/N-ethyl adjacent to an activating group) is 1. The van der Waals surface area contributed by atoms with E-state index in [-0.39, 0.29) is 17.2 Å². The molecule has 140 valence electrons. The highest BCUT2D eigenvalue weighted by molar-refractivity contribution is 7.99. The van der Waals surface area contributed by atoms with Crippen LogP contribution in [0.4, 0.5) is 0 Å². The minimum atomic E-state index is -0.404. The number of carbonyl (C=O) groups excluding carboxylic acids is 2. The van der Waals surface area contributed by atoms with Gasteiger partial charge < -0.3 is 24.2 Å². The molecule has 0 aliphatic carbocycles. The Bertz CT molecular complexity index is 748. The molecule has 0 radical (unpaired) electrons. The van der Waals surface area contributed by atoms with Gasteiger partial charge in [-0.3, -0.25) is 9.59 Å². The summed E-state index contributed by atoms with van der Waals surface area (Å²) in [5.41, 5.74) is 1.44. The topological polar surface area (TPSA) is 63.5 Å². The molecular formula is C18H24N3O4S+. The number of methoxy groups -OCH3 is 2. The van der Waals surface area contributed by atoms with Crippen LogP contribution >= 0.6 is 11.8 Å². The highest BCUT2D eigenvalue weighted by Gasteiger charge is 2.51. The van der Waals surface area contributed by atoms with Crippen molar-refractivity contribution in [3.63, 3.8) is 0 Å². The number of carbonyl (C=O) groups is 2. The molecule has 4 rings (SSSR count). The molecule has 2 amide bonds. The molecule has 8 heteroatoms. The number of piperazine rings is 1. The van der Waals surface area contributed by atoms with Crippen LogP contribution in [0.2, 0.25) is 0 Å². The molecule has 0 bridgehead atoms. The van der Waals surface area contributed by atoms with Crippen LogP contribution in [-0.4, -0.2) is 80.9 Å². The van der Waals surface area contributed by atoms with E-state index < -0.39 is 6.04 Å². The van der Waals surface area contributed by atoms with Gasteiger partial charge in [0.05, 0.1) is 53.0 Å². The molecule has 3 aliphatic rings. The summed E-state index contributed by atoms with van der Waals surface area (Å²) in [5, 5.41) is -0.121. The van der Waals surface area contributed by atoms with Gasteiger partial charge >= 0.3 is 0 Å². The first kappa shape index (κ1) is 17.5. The Balaban J connectivity index is 1.63. The van der Waals surface area contributed by atoms with Crippen molar-refractivity contribution in [2.45, 2.75) is 11.4 Å². The second kappa shape index (κ2) is 6.66. The van der Waals surface area contributed by atoms with Crippen molar-refractivity contribution in [3.8, 4) is 11.5 Å². The SMILES string of the molecule is COc1ccc2c(c1OC)C(=O)N1[C@@H](C(=O)N3CC[NH+](C)CC3)CS[C@H]21. The van der Waals surface area contributed by atoms with Gasteiger partial charge in [-0.2, -0.15) is 0 Å². The Morgan fingerprint density at radius 1 is 1.23 bits per heavy atom. The summed E-state index contributed by atoms with van der Waals surface area (Å²) in [5.74, 6) is 1.57. The van der Waals surface area contributed by atoms with E-state index in [1.165, 1.54) is 12.0 Å². The Morgan fingerprint density at radius 2 is 1.96 bits per heavy atom. The number of hydrogen-bond donors (Lipinski definition) is 1. The maximum Gasteiger partial charge on any atom is 0.260 e. The van der Waals surface area contributed by atoms with Gasteiger partial charge in [0.1, 0.15) is 11.4 Å². The average molecular weight is 378 g/mol. The van der Waals surface area contributed by atoms with Crippen molar-refractivity contribution in [1.82, 2.24) is 9.80 Å². The van der Waals surface area contributed by atoms with E-state index in [0.29, 0.717) is 22.8 Å². The standard InChI is InChI=1S/C18H23N3O4S/c1-19-6-8-20(9-7-19)16(22)12-10-26-18-11-4-5-13(24-2)15(25-3)14(11)17(23)21(12)18/h4-5,12,18H,6-10H2,1-3H3/p+1/t12-,18-/m1/s1. The Labute approximate surface area is 157 Å². The summed E-state index contributed by atoms with van der Waals surface area (Å²) in [4.78, 5) is 31.3. The molecule has 0 saturated carbocycles. The first-order chi connectivity index (χ1) is 12.6. The van der Waals surface area contributed by atoms with Crippen LogP contribution in [0.5, 0.6) is 11.5 Å². The van der Waals surface area contributed by atoms with Crippen molar-refractivity contribution in [3.05, 3.63) is 23.3 Å². The lowest BCUT2D eigenvalue weighted by Gasteiger charge is -2.33. The summed E-state index contributed by atoms with van der Waals surface area (Å²) < 4.78 is 10.8. The quantitative estimate of drug-likeness (QED) is 0.778. The van der Waals surface area contributed by atoms with Crippen molar-refractivity contribution in [2.75, 3.05) is 53.2 Å². The van der Waals surface area contributed by atoms with Crippen LogP contribution in [0.15, 0.2) is 12.1 Å². The van der Waals surface area contributed by atoms with Crippen LogP contribution in [0.25, 0.3) is 0 Å². The third-order valence-electron chi connectivity index (χ3n) is 5.51. The van der Waals surface area contributed by atoms with Crippen LogP contribution in [0, 0.1) is 0 Å². The van der Waals surface area contributed by atoms with Crippen LogP contribution in [-0.2, 0) is 4.79 Å². The molecule has 7 nitrogen and oxygen atoms in total. The van der Waals surface area contributed by atoms with E-state index in [1.807, 2.05) is 17.0 Å². The number of ether oxygens (including phenoxy) is 2. The van der Waals surface area contributed by atoms with Gasteiger partial charge in [0.15, 0.2) is 11.5 Å². The molecule has 2 saturated heterocycles. The summed E-state index contributed by atoms with van der Waals surface area (Å²) >= 11 is 1.65. The summed E-state index contributed by atoms with van der Waals surface area (Å²) in [6.45, 7) is 3.41. The summed E-state index contributed by atoms with van der Waals surface area (Å²) in [6.07, 6.45) is 0. The summed E-state index contributed by atoms with van der Waals surface area (Å²) in [6, 6.07) is 3.34. The van der Waals surface area contributed by atoms with Crippen molar-refractivity contribution >= 4 is 23.6 Å². The first-order valence-electron chi connectivity index (χ1n) is 8.86. The fraction of sp³-hybridized carbons (Fsp3) is 0.556. The zero-order chi connectivity index (χ0) is 18.4. The maximum atomic E-state index is 13.2. The summed E-state index contributed by atoms with van der Waals surface area (Å²) in [7, 11) is 5.24. The van der Waals surface area contributed by atoms with E-state index >= 15 is 0 Å². The van der Waals surface area contributed by atoms with E-state index in [9.17, 15) is 9.59 Å². The largest absolute Gasteiger partial charge is 0.493 e. The second-order valence-electron chi connectivity index (χ2n) is 6.96. The zero-order valence-corrected chi connectivity index (χ0v) is 16.1. The number of amides is 2. The molecule has 1 N–H and O–H groups in total. The van der Waals surface area contributed by atoms with Gasteiger partial charge in [-0.15, -0.1) is 11.8 Å². The molecule has 0 unspecified atom stereocenters. The van der Waals surface area contributed by atoms with Gasteiger partial charge in [0.2, 0.25) is 5.91 Å². The lowest BCUT2D eigenvalue weighted by Crippen LogP contribution is -3.12. The average Bonchev–Trinajstić information content (AvgIpc) is 3.21. The molecule has 2 atom stereocenters. The van der Waals surface area contributed by atoms with Gasteiger partial charge in [-0.05, 0) is 6.07 Å². The normalized spacial score (nSPS) is 25.3. The molecule has 0 aromatic heterocycles. The molecule has 1 aromatic carbocycles. The number of hydrogen-bond acceptors (Lipinski definition) is 5. The van der Waals surface area contributed by atoms with Gasteiger partial charge in [0, 0.05) is 11.3 Å². The Morgan fingerprint density at radius 3 is 2.62 bits per heavy atom. The number of thioether (sulfide) groups is 1. The fourth-order valence-electron chi connectivity index (χ4n) is 4.00. The van der Waals surface area contributed by atoms with E-state index in [2.05, 4.69) is 7.05 Å². The third-order valence-corrected chi connectivity index (χ3v) is 6.81. The Hall–Kier alpha value is -1.93. The zero-order valence-electron chi connectivity index (χ0n) is 15.3. The molecule has 0 spiro atoms. The molecular weight excluding hydrogens is 354 g/mol. The van der Waals surface area contributed by atoms with Gasteiger partial charge in [-0.1, -0.05) is 6.07 Å². The van der Waals surface area contributed by atoms with E-state index in [1.54, 1.807) is 23.8 Å². The molecule has 26 heavy (non-hydrogen) atoms. The predicted molar refractivity (Wildman–Crippen MR) is 97.9 cm³/mol. The van der Waals surface area contributed by atoms with Crippen LogP contribution < -0.4 is 14.4 Å². The molecule has 3 heterocycles. The first-order valence-corrected chi connectivity index (χ1v) is 9.91. The van der Waals surface area contributed by atoms with Crippen molar-refractivity contribution in [1.29, 1.82) is 0 Å². The van der Waals surface area contributed by atoms with Crippen molar-refractivity contribution < 1.29 is 24.0 Å². The van der Waals surface area contributed by atoms with Crippen LogP contribution in [0.1, 0.15) is 21.3 Å². The number of nitrogens with zero attached hydrogens (tertiary/aromatic N) is 2. The van der Waals surface area contributed by atoms with Gasteiger partial charge in [0.25, 0.3) is 5.91 Å². The molecule has 2 fully saturated rings.